The van der Waals surface area contributed by atoms with E-state index in [-0.39, 0.29) is 16.7 Å². The lowest BCUT2D eigenvalue weighted by atomic mass is 10.2. The van der Waals surface area contributed by atoms with Gasteiger partial charge in [0.05, 0.1) is 10.7 Å². The van der Waals surface area contributed by atoms with Gasteiger partial charge in [-0.15, -0.1) is 0 Å². The molecule has 0 aliphatic heterocycles. The molecule has 1 nitrogen and oxygen atoms in total. The molecule has 0 radical (unpaired) electrons. The van der Waals surface area contributed by atoms with Gasteiger partial charge in [0.25, 0.3) is 0 Å². The molecule has 0 aromatic heterocycles. The van der Waals surface area contributed by atoms with E-state index in [1.807, 2.05) is 18.2 Å². The van der Waals surface area contributed by atoms with E-state index in [0.29, 0.717) is 11.6 Å². The zero-order chi connectivity index (χ0) is 15.5. The van der Waals surface area contributed by atoms with Crippen LogP contribution in [0.3, 0.4) is 0 Å². The molecule has 0 saturated carbocycles. The summed E-state index contributed by atoms with van der Waals surface area (Å²) in [6.45, 7) is 0.497. The third kappa shape index (κ3) is 5.60. The SMILES string of the molecule is FC(F)(F)Sc1ccc(CNc2ccc(I)cc2Cl)cc1. The summed E-state index contributed by atoms with van der Waals surface area (Å²) in [6, 6.07) is 11.9. The Hall–Kier alpha value is -0.600. The van der Waals surface area contributed by atoms with Gasteiger partial charge in [0, 0.05) is 15.0 Å². The van der Waals surface area contributed by atoms with Crippen LogP contribution in [0.15, 0.2) is 47.4 Å². The first-order chi connectivity index (χ1) is 9.83. The number of thioether (sulfide) groups is 1. The van der Waals surface area contributed by atoms with E-state index in [4.69, 9.17) is 11.6 Å². The smallest absolute Gasteiger partial charge is 0.380 e. The van der Waals surface area contributed by atoms with Gasteiger partial charge in [0.2, 0.25) is 0 Å². The number of hydrogen-bond donors (Lipinski definition) is 1. The van der Waals surface area contributed by atoms with Crippen LogP contribution in [0, 0.1) is 3.57 Å². The molecule has 1 N–H and O–H groups in total. The molecule has 21 heavy (non-hydrogen) atoms. The van der Waals surface area contributed by atoms with Gasteiger partial charge in [-0.05, 0) is 70.2 Å². The number of alkyl halides is 3. The largest absolute Gasteiger partial charge is 0.446 e. The summed E-state index contributed by atoms with van der Waals surface area (Å²) in [4.78, 5) is 0.179. The molecule has 2 aromatic carbocycles. The average Bonchev–Trinajstić information content (AvgIpc) is 2.38. The molecule has 0 aliphatic carbocycles. The first-order valence-corrected chi connectivity index (χ1v) is 8.14. The Morgan fingerprint density at radius 3 is 2.33 bits per heavy atom. The summed E-state index contributed by atoms with van der Waals surface area (Å²) in [5.41, 5.74) is -2.57. The maximum Gasteiger partial charge on any atom is 0.446 e. The Labute approximate surface area is 143 Å². The number of hydrogen-bond acceptors (Lipinski definition) is 2. The van der Waals surface area contributed by atoms with Crippen molar-refractivity contribution in [1.82, 2.24) is 0 Å². The molecule has 0 aliphatic rings. The second-order valence-corrected chi connectivity index (χ2v) is 6.96. The fourth-order valence-corrected chi connectivity index (χ4v) is 3.10. The van der Waals surface area contributed by atoms with Crippen molar-refractivity contribution < 1.29 is 13.2 Å². The average molecular weight is 444 g/mol. The van der Waals surface area contributed by atoms with E-state index in [0.717, 1.165) is 14.8 Å². The second-order valence-electron chi connectivity index (χ2n) is 4.17. The van der Waals surface area contributed by atoms with Crippen LogP contribution in [0.5, 0.6) is 0 Å². The van der Waals surface area contributed by atoms with Gasteiger partial charge in [0.15, 0.2) is 0 Å². The standard InChI is InChI=1S/C14H10ClF3INS/c15-12-7-10(19)3-6-13(12)20-8-9-1-4-11(5-2-9)21-14(16,17)18/h1-7,20H,8H2. The highest BCUT2D eigenvalue weighted by molar-refractivity contribution is 14.1. The highest BCUT2D eigenvalue weighted by Crippen LogP contribution is 2.36. The summed E-state index contributed by atoms with van der Waals surface area (Å²) >= 11 is 8.15. The van der Waals surface area contributed by atoms with Crippen LogP contribution in [0.1, 0.15) is 5.56 Å². The Kier molecular flexibility index (Phi) is 5.67. The van der Waals surface area contributed by atoms with Gasteiger partial charge in [-0.25, -0.2) is 0 Å². The Bertz CT molecular complexity index is 617. The molecule has 0 spiro atoms. The van der Waals surface area contributed by atoms with Gasteiger partial charge in [-0.3, -0.25) is 0 Å². The van der Waals surface area contributed by atoms with Crippen LogP contribution in [0.25, 0.3) is 0 Å². The Morgan fingerprint density at radius 2 is 1.76 bits per heavy atom. The van der Waals surface area contributed by atoms with Crippen molar-refractivity contribution in [3.8, 4) is 0 Å². The quantitative estimate of drug-likeness (QED) is 0.448. The maximum atomic E-state index is 12.2. The molecule has 0 fully saturated rings. The highest BCUT2D eigenvalue weighted by Gasteiger charge is 2.28. The van der Waals surface area contributed by atoms with Crippen molar-refractivity contribution in [1.29, 1.82) is 0 Å². The van der Waals surface area contributed by atoms with Crippen LogP contribution in [0.2, 0.25) is 5.02 Å². The van der Waals surface area contributed by atoms with E-state index in [1.54, 1.807) is 12.1 Å². The fourth-order valence-electron chi connectivity index (χ4n) is 1.64. The molecule has 0 atom stereocenters. The summed E-state index contributed by atoms with van der Waals surface area (Å²) in [5.74, 6) is 0. The molecule has 2 rings (SSSR count). The molecular formula is C14H10ClF3INS. The van der Waals surface area contributed by atoms with Crippen molar-refractivity contribution in [3.63, 3.8) is 0 Å². The molecule has 0 heterocycles. The van der Waals surface area contributed by atoms with E-state index in [1.165, 1.54) is 12.1 Å². The number of nitrogens with one attached hydrogen (secondary N) is 1. The summed E-state index contributed by atoms with van der Waals surface area (Å²) in [6.07, 6.45) is 0. The molecule has 2 aromatic rings. The number of anilines is 1. The molecule has 0 bridgehead atoms. The monoisotopic (exact) mass is 443 g/mol. The lowest BCUT2D eigenvalue weighted by Gasteiger charge is -2.10. The molecular weight excluding hydrogens is 434 g/mol. The first kappa shape index (κ1) is 16.8. The van der Waals surface area contributed by atoms with Crippen LogP contribution >= 0.6 is 46.0 Å². The third-order valence-corrected chi connectivity index (χ3v) is 4.29. The topological polar surface area (TPSA) is 12.0 Å². The van der Waals surface area contributed by atoms with Gasteiger partial charge >= 0.3 is 5.51 Å². The van der Waals surface area contributed by atoms with Crippen molar-refractivity contribution >= 4 is 51.6 Å². The van der Waals surface area contributed by atoms with Gasteiger partial charge in [-0.2, -0.15) is 13.2 Å². The molecule has 7 heteroatoms. The van der Waals surface area contributed by atoms with Gasteiger partial charge in [0.1, 0.15) is 0 Å². The van der Waals surface area contributed by atoms with Crippen molar-refractivity contribution in [2.45, 2.75) is 16.9 Å². The van der Waals surface area contributed by atoms with E-state index in [9.17, 15) is 13.2 Å². The van der Waals surface area contributed by atoms with Crippen LogP contribution in [0.4, 0.5) is 18.9 Å². The van der Waals surface area contributed by atoms with E-state index >= 15 is 0 Å². The fraction of sp³-hybridized carbons (Fsp3) is 0.143. The normalized spacial score (nSPS) is 11.5. The zero-order valence-corrected chi connectivity index (χ0v) is 14.3. The lowest BCUT2D eigenvalue weighted by Crippen LogP contribution is -2.01. The van der Waals surface area contributed by atoms with Crippen molar-refractivity contribution in [2.75, 3.05) is 5.32 Å². The minimum atomic E-state index is -4.26. The van der Waals surface area contributed by atoms with E-state index < -0.39 is 5.51 Å². The molecule has 0 unspecified atom stereocenters. The second kappa shape index (κ2) is 7.11. The van der Waals surface area contributed by atoms with Crippen LogP contribution in [-0.4, -0.2) is 5.51 Å². The summed E-state index contributed by atoms with van der Waals surface area (Å²) < 4.78 is 37.7. The Morgan fingerprint density at radius 1 is 1.10 bits per heavy atom. The predicted molar refractivity (Wildman–Crippen MR) is 89.8 cm³/mol. The number of rotatable bonds is 4. The lowest BCUT2D eigenvalue weighted by molar-refractivity contribution is -0.0328. The van der Waals surface area contributed by atoms with Crippen LogP contribution in [-0.2, 0) is 6.54 Å². The van der Waals surface area contributed by atoms with Crippen LogP contribution < -0.4 is 5.32 Å². The maximum absolute atomic E-state index is 12.2. The summed E-state index contributed by atoms with van der Waals surface area (Å²) in [5, 5.41) is 3.78. The molecule has 0 amide bonds. The molecule has 112 valence electrons. The minimum Gasteiger partial charge on any atom is -0.380 e. The first-order valence-electron chi connectivity index (χ1n) is 5.87. The Balaban J connectivity index is 1.97. The highest BCUT2D eigenvalue weighted by atomic mass is 127. The predicted octanol–water partition coefficient (Wildman–Crippen LogP) is 6.17. The summed E-state index contributed by atoms with van der Waals surface area (Å²) in [7, 11) is 0. The minimum absolute atomic E-state index is 0.114. The zero-order valence-electron chi connectivity index (χ0n) is 10.5. The van der Waals surface area contributed by atoms with Gasteiger partial charge in [-0.1, -0.05) is 23.7 Å². The number of benzene rings is 2. The molecule has 0 saturated heterocycles. The van der Waals surface area contributed by atoms with Crippen molar-refractivity contribution in [2.24, 2.45) is 0 Å². The van der Waals surface area contributed by atoms with Crippen molar-refractivity contribution in [3.05, 3.63) is 56.6 Å². The number of halogens is 5. The van der Waals surface area contributed by atoms with E-state index in [2.05, 4.69) is 27.9 Å². The third-order valence-electron chi connectivity index (χ3n) is 2.57. The van der Waals surface area contributed by atoms with Gasteiger partial charge < -0.3 is 5.32 Å².